The minimum absolute atomic E-state index is 0. The van der Waals surface area contributed by atoms with Crippen LogP contribution in [0.3, 0.4) is 0 Å². The van der Waals surface area contributed by atoms with Crippen LogP contribution in [0, 0.1) is 6.92 Å². The predicted molar refractivity (Wildman–Crippen MR) is 69.2 cm³/mol. The van der Waals surface area contributed by atoms with Crippen LogP contribution < -0.4 is 0 Å². The number of hydrogen-bond acceptors (Lipinski definition) is 3. The van der Waals surface area contributed by atoms with Crippen molar-refractivity contribution in [1.29, 1.82) is 0 Å². The Kier molecular flexibility index (Phi) is 2.94. The quantitative estimate of drug-likeness (QED) is 0.720. The van der Waals surface area contributed by atoms with E-state index in [0.717, 1.165) is 22.4 Å². The first kappa shape index (κ1) is 11.1. The molecule has 0 unspecified atom stereocenters. The number of aromatic amines is 1. The van der Waals surface area contributed by atoms with Gasteiger partial charge in [0.05, 0.1) is 17.2 Å². The molecule has 1 aromatic carbocycles. The van der Waals surface area contributed by atoms with Crippen LogP contribution in [0.4, 0.5) is 0 Å². The van der Waals surface area contributed by atoms with Gasteiger partial charge in [-0.05, 0) is 30.1 Å². The maximum Gasteiger partial charge on any atom is 0.140 e. The van der Waals surface area contributed by atoms with Crippen LogP contribution in [0.2, 0.25) is 0 Å². The topological polar surface area (TPSA) is 41.6 Å². The molecule has 0 aliphatic rings. The van der Waals surface area contributed by atoms with E-state index in [1.54, 1.807) is 0 Å². The van der Waals surface area contributed by atoms with Crippen LogP contribution in [0.1, 0.15) is 5.56 Å². The number of imidazole rings is 1. The van der Waals surface area contributed by atoms with Crippen molar-refractivity contribution in [2.75, 3.05) is 0 Å². The van der Waals surface area contributed by atoms with E-state index in [1.807, 2.05) is 23.7 Å². The molecular weight excluding hydrogens is 242 g/mol. The molecule has 16 heavy (non-hydrogen) atoms. The molecule has 0 spiro atoms. The lowest BCUT2D eigenvalue weighted by Gasteiger charge is -1.90. The van der Waals surface area contributed by atoms with E-state index in [-0.39, 0.29) is 12.4 Å². The minimum Gasteiger partial charge on any atom is -0.338 e. The number of benzene rings is 1. The summed E-state index contributed by atoms with van der Waals surface area (Å²) in [6.45, 7) is 2.07. The van der Waals surface area contributed by atoms with Crippen LogP contribution in [0.25, 0.3) is 22.4 Å². The standard InChI is InChI=1S/C11H9N3S.ClH/c1-7-3-2-4-9-10(7)14-11(13-9)8-5-12-15-6-8;/h2-6H,1H3,(H,13,14);1H. The highest BCUT2D eigenvalue weighted by molar-refractivity contribution is 7.03. The molecule has 0 amide bonds. The number of H-pyrrole nitrogens is 1. The zero-order chi connectivity index (χ0) is 10.3. The van der Waals surface area contributed by atoms with E-state index in [1.165, 1.54) is 17.1 Å². The van der Waals surface area contributed by atoms with Gasteiger partial charge in [0.1, 0.15) is 5.82 Å². The molecule has 2 heterocycles. The molecule has 0 radical (unpaired) electrons. The number of aryl methyl sites for hydroxylation is 1. The second-order valence-electron chi connectivity index (χ2n) is 3.47. The zero-order valence-corrected chi connectivity index (χ0v) is 10.2. The Balaban J connectivity index is 0.000000963. The van der Waals surface area contributed by atoms with Crippen molar-refractivity contribution in [2.24, 2.45) is 0 Å². The molecule has 3 nitrogen and oxygen atoms in total. The van der Waals surface area contributed by atoms with Gasteiger partial charge in [-0.2, -0.15) is 0 Å². The number of halogens is 1. The van der Waals surface area contributed by atoms with Gasteiger partial charge in [-0.15, -0.1) is 12.4 Å². The third-order valence-corrected chi connectivity index (χ3v) is 3.01. The summed E-state index contributed by atoms with van der Waals surface area (Å²) < 4.78 is 4.07. The molecule has 5 heteroatoms. The Morgan fingerprint density at radius 2 is 2.19 bits per heavy atom. The van der Waals surface area contributed by atoms with Crippen molar-refractivity contribution in [3.8, 4) is 11.4 Å². The molecular formula is C11H10ClN3S. The molecule has 0 fully saturated rings. The van der Waals surface area contributed by atoms with E-state index in [0.29, 0.717) is 0 Å². The molecule has 0 bridgehead atoms. The van der Waals surface area contributed by atoms with E-state index in [9.17, 15) is 0 Å². The number of para-hydroxylation sites is 1. The predicted octanol–water partition coefficient (Wildman–Crippen LogP) is 3.42. The monoisotopic (exact) mass is 251 g/mol. The van der Waals surface area contributed by atoms with Gasteiger partial charge in [-0.1, -0.05) is 12.1 Å². The Labute approximate surface area is 103 Å². The van der Waals surface area contributed by atoms with Crippen LogP contribution in [0.15, 0.2) is 29.8 Å². The number of nitrogens with zero attached hydrogens (tertiary/aromatic N) is 2. The number of rotatable bonds is 1. The average molecular weight is 252 g/mol. The van der Waals surface area contributed by atoms with Gasteiger partial charge in [-0.3, -0.25) is 0 Å². The Morgan fingerprint density at radius 1 is 1.31 bits per heavy atom. The molecule has 0 saturated heterocycles. The SMILES string of the molecule is Cc1cccc2[nH]c(-c3cnsc3)nc12.Cl. The first-order valence-corrected chi connectivity index (χ1v) is 5.53. The van der Waals surface area contributed by atoms with Crippen LogP contribution in [-0.2, 0) is 0 Å². The number of fused-ring (bicyclic) bond motifs is 1. The van der Waals surface area contributed by atoms with Crippen LogP contribution in [-0.4, -0.2) is 14.3 Å². The fourth-order valence-electron chi connectivity index (χ4n) is 1.63. The van der Waals surface area contributed by atoms with Gasteiger partial charge in [0.2, 0.25) is 0 Å². The van der Waals surface area contributed by atoms with E-state index in [4.69, 9.17) is 0 Å². The highest BCUT2D eigenvalue weighted by atomic mass is 35.5. The van der Waals surface area contributed by atoms with Crippen molar-refractivity contribution in [2.45, 2.75) is 6.92 Å². The van der Waals surface area contributed by atoms with Crippen molar-refractivity contribution >= 4 is 35.0 Å². The van der Waals surface area contributed by atoms with Gasteiger partial charge in [0, 0.05) is 10.9 Å². The van der Waals surface area contributed by atoms with Gasteiger partial charge < -0.3 is 4.98 Å². The molecule has 3 rings (SSSR count). The lowest BCUT2D eigenvalue weighted by Crippen LogP contribution is -1.75. The van der Waals surface area contributed by atoms with Crippen molar-refractivity contribution in [3.63, 3.8) is 0 Å². The van der Waals surface area contributed by atoms with Gasteiger partial charge in [0.15, 0.2) is 0 Å². The van der Waals surface area contributed by atoms with Crippen molar-refractivity contribution < 1.29 is 0 Å². The third kappa shape index (κ3) is 1.70. The third-order valence-electron chi connectivity index (χ3n) is 2.42. The van der Waals surface area contributed by atoms with Gasteiger partial charge in [-0.25, -0.2) is 9.36 Å². The van der Waals surface area contributed by atoms with E-state index < -0.39 is 0 Å². The fourth-order valence-corrected chi connectivity index (χ4v) is 2.16. The summed E-state index contributed by atoms with van der Waals surface area (Å²) in [5, 5.41) is 1.99. The normalized spacial score (nSPS) is 10.3. The lowest BCUT2D eigenvalue weighted by molar-refractivity contribution is 1.33. The summed E-state index contributed by atoms with van der Waals surface area (Å²) in [5.41, 5.74) is 4.36. The molecule has 3 aromatic rings. The molecule has 2 aromatic heterocycles. The van der Waals surface area contributed by atoms with Gasteiger partial charge >= 0.3 is 0 Å². The minimum atomic E-state index is 0. The number of nitrogens with one attached hydrogen (secondary N) is 1. The Hall–Kier alpha value is -1.39. The molecule has 0 atom stereocenters. The fraction of sp³-hybridized carbons (Fsp3) is 0.0909. The van der Waals surface area contributed by atoms with Crippen molar-refractivity contribution in [3.05, 3.63) is 35.3 Å². The summed E-state index contributed by atoms with van der Waals surface area (Å²) in [5.74, 6) is 0.896. The number of hydrogen-bond donors (Lipinski definition) is 1. The summed E-state index contributed by atoms with van der Waals surface area (Å²) in [6.07, 6.45) is 1.83. The maximum atomic E-state index is 4.57. The maximum absolute atomic E-state index is 4.57. The Morgan fingerprint density at radius 3 is 2.88 bits per heavy atom. The first-order chi connectivity index (χ1) is 7.34. The van der Waals surface area contributed by atoms with E-state index in [2.05, 4.69) is 27.3 Å². The van der Waals surface area contributed by atoms with Crippen LogP contribution in [0.5, 0.6) is 0 Å². The van der Waals surface area contributed by atoms with Crippen molar-refractivity contribution in [1.82, 2.24) is 14.3 Å². The highest BCUT2D eigenvalue weighted by Crippen LogP contribution is 2.22. The smallest absolute Gasteiger partial charge is 0.140 e. The summed E-state index contributed by atoms with van der Waals surface area (Å²) in [4.78, 5) is 7.86. The molecule has 0 saturated carbocycles. The largest absolute Gasteiger partial charge is 0.338 e. The van der Waals surface area contributed by atoms with Crippen LogP contribution >= 0.6 is 23.9 Å². The molecule has 0 aliphatic carbocycles. The Bertz CT molecular complexity index is 601. The average Bonchev–Trinajstić information content (AvgIpc) is 2.86. The second-order valence-corrected chi connectivity index (χ2v) is 4.13. The molecule has 0 aliphatic heterocycles. The summed E-state index contributed by atoms with van der Waals surface area (Å²) in [7, 11) is 0. The second kappa shape index (κ2) is 4.23. The molecule has 82 valence electrons. The number of aromatic nitrogens is 3. The van der Waals surface area contributed by atoms with E-state index >= 15 is 0 Å². The zero-order valence-electron chi connectivity index (χ0n) is 8.60. The van der Waals surface area contributed by atoms with Gasteiger partial charge in [0.25, 0.3) is 0 Å². The summed E-state index contributed by atoms with van der Waals surface area (Å²) >= 11 is 1.44. The molecule has 1 N–H and O–H groups in total. The highest BCUT2D eigenvalue weighted by Gasteiger charge is 2.06. The lowest BCUT2D eigenvalue weighted by atomic mass is 10.2. The first-order valence-electron chi connectivity index (χ1n) is 4.70. The summed E-state index contributed by atoms with van der Waals surface area (Å²) in [6, 6.07) is 6.14.